The molecule has 2 aromatic carbocycles. The van der Waals surface area contributed by atoms with Crippen molar-refractivity contribution in [2.75, 3.05) is 11.1 Å². The van der Waals surface area contributed by atoms with E-state index in [4.69, 9.17) is 10.3 Å². The van der Waals surface area contributed by atoms with Crippen molar-refractivity contribution in [1.29, 1.82) is 0 Å². The largest absolute Gasteiger partial charge is 0.398 e. The van der Waals surface area contributed by atoms with Crippen LogP contribution >= 0.6 is 0 Å². The predicted octanol–water partition coefficient (Wildman–Crippen LogP) is 2.38. The Morgan fingerprint density at radius 1 is 1.09 bits per heavy atom. The summed E-state index contributed by atoms with van der Waals surface area (Å²) < 4.78 is 31.1. The second kappa shape index (κ2) is 5.78. The Kier molecular flexibility index (Phi) is 4.20. The van der Waals surface area contributed by atoms with Crippen molar-refractivity contribution < 1.29 is 17.8 Å². The number of amides is 1. The smallest absolute Gasteiger partial charge is 0.294 e. The zero-order chi connectivity index (χ0) is 16.5. The van der Waals surface area contributed by atoms with E-state index in [1.807, 2.05) is 6.92 Å². The highest BCUT2D eigenvalue weighted by atomic mass is 32.2. The first-order chi connectivity index (χ1) is 10.2. The van der Waals surface area contributed by atoms with E-state index < -0.39 is 10.1 Å². The summed E-state index contributed by atoms with van der Waals surface area (Å²) in [5.41, 5.74) is 8.55. The fourth-order valence-electron chi connectivity index (χ4n) is 1.91. The maximum absolute atomic E-state index is 12.2. The van der Waals surface area contributed by atoms with Crippen molar-refractivity contribution in [1.82, 2.24) is 0 Å². The molecule has 116 valence electrons. The molecule has 0 atom stereocenters. The first-order valence-corrected chi connectivity index (χ1v) is 7.88. The number of hydrogen-bond donors (Lipinski definition) is 3. The third-order valence-corrected chi connectivity index (χ3v) is 4.14. The number of anilines is 2. The zero-order valence-corrected chi connectivity index (χ0v) is 12.9. The van der Waals surface area contributed by atoms with E-state index in [2.05, 4.69) is 5.32 Å². The number of nitrogens with two attached hydrogens (primary N) is 1. The van der Waals surface area contributed by atoms with Crippen molar-refractivity contribution in [3.8, 4) is 0 Å². The summed E-state index contributed by atoms with van der Waals surface area (Å²) in [6, 6.07) is 8.91. The molecule has 0 saturated carbocycles. The normalized spacial score (nSPS) is 11.2. The van der Waals surface area contributed by atoms with Gasteiger partial charge in [-0.1, -0.05) is 6.07 Å². The van der Waals surface area contributed by atoms with Gasteiger partial charge in [-0.05, 0) is 55.3 Å². The molecule has 1 amide bonds. The Bertz CT molecular complexity index is 845. The summed E-state index contributed by atoms with van der Waals surface area (Å²) in [7, 11) is -4.26. The van der Waals surface area contributed by atoms with Gasteiger partial charge in [0.2, 0.25) is 0 Å². The van der Waals surface area contributed by atoms with E-state index in [1.165, 1.54) is 18.2 Å². The average molecular weight is 320 g/mol. The van der Waals surface area contributed by atoms with Gasteiger partial charge in [-0.3, -0.25) is 9.35 Å². The van der Waals surface area contributed by atoms with Crippen LogP contribution in [-0.2, 0) is 10.1 Å². The number of hydrogen-bond acceptors (Lipinski definition) is 4. The van der Waals surface area contributed by atoms with Crippen LogP contribution in [0.4, 0.5) is 11.4 Å². The lowest BCUT2D eigenvalue weighted by molar-refractivity contribution is 0.102. The van der Waals surface area contributed by atoms with E-state index in [0.717, 1.165) is 5.56 Å². The second-order valence-corrected chi connectivity index (χ2v) is 6.40. The molecule has 22 heavy (non-hydrogen) atoms. The molecule has 0 aliphatic carbocycles. The lowest BCUT2D eigenvalue weighted by atomic mass is 10.1. The fourth-order valence-corrected chi connectivity index (χ4v) is 2.48. The van der Waals surface area contributed by atoms with Gasteiger partial charge in [0.05, 0.1) is 4.90 Å². The Labute approximate surface area is 128 Å². The Morgan fingerprint density at radius 3 is 2.32 bits per heavy atom. The van der Waals surface area contributed by atoms with Crippen molar-refractivity contribution in [2.24, 2.45) is 0 Å². The Hall–Kier alpha value is -2.38. The van der Waals surface area contributed by atoms with Gasteiger partial charge in [0.1, 0.15) is 0 Å². The minimum Gasteiger partial charge on any atom is -0.398 e. The molecule has 2 aromatic rings. The predicted molar refractivity (Wildman–Crippen MR) is 84.5 cm³/mol. The van der Waals surface area contributed by atoms with Crippen molar-refractivity contribution in [2.45, 2.75) is 18.7 Å². The molecule has 0 spiro atoms. The molecule has 0 radical (unpaired) electrons. The lowest BCUT2D eigenvalue weighted by Gasteiger charge is -2.10. The van der Waals surface area contributed by atoms with Crippen LogP contribution in [0.1, 0.15) is 21.5 Å². The molecule has 0 aromatic heterocycles. The van der Waals surface area contributed by atoms with E-state index >= 15 is 0 Å². The van der Waals surface area contributed by atoms with Crippen LogP contribution in [0.5, 0.6) is 0 Å². The summed E-state index contributed by atoms with van der Waals surface area (Å²) >= 11 is 0. The quantitative estimate of drug-likeness (QED) is 0.594. The molecule has 0 unspecified atom stereocenters. The fraction of sp³-hybridized carbons (Fsp3) is 0.133. The molecule has 0 aliphatic rings. The topological polar surface area (TPSA) is 109 Å². The Morgan fingerprint density at radius 2 is 1.77 bits per heavy atom. The van der Waals surface area contributed by atoms with Gasteiger partial charge >= 0.3 is 0 Å². The minimum atomic E-state index is -4.26. The standard InChI is InChI=1S/C15H16N2O4S/c1-9-3-4-11(8-13(9)16)15(18)17-14-6-5-12(7-10(14)2)22(19,20)21/h3-8H,16H2,1-2H3,(H,17,18)(H,19,20,21). The SMILES string of the molecule is Cc1ccc(C(=O)Nc2ccc(S(=O)(=O)O)cc2C)cc1N. The van der Waals surface area contributed by atoms with E-state index in [-0.39, 0.29) is 10.8 Å². The third-order valence-electron chi connectivity index (χ3n) is 3.29. The highest BCUT2D eigenvalue weighted by Crippen LogP contribution is 2.21. The molecule has 4 N–H and O–H groups in total. The van der Waals surface area contributed by atoms with Crippen LogP contribution in [0.3, 0.4) is 0 Å². The van der Waals surface area contributed by atoms with Gasteiger partial charge < -0.3 is 11.1 Å². The van der Waals surface area contributed by atoms with Gasteiger partial charge in [-0.25, -0.2) is 0 Å². The third kappa shape index (κ3) is 3.44. The van der Waals surface area contributed by atoms with Crippen molar-refractivity contribution >= 4 is 27.4 Å². The number of benzene rings is 2. The number of carbonyl (C=O) groups is 1. The van der Waals surface area contributed by atoms with Gasteiger partial charge in [0, 0.05) is 16.9 Å². The Balaban J connectivity index is 2.27. The number of nitrogen functional groups attached to an aromatic ring is 1. The van der Waals surface area contributed by atoms with Gasteiger partial charge in [0.15, 0.2) is 0 Å². The van der Waals surface area contributed by atoms with Crippen LogP contribution in [-0.4, -0.2) is 18.9 Å². The summed E-state index contributed by atoms with van der Waals surface area (Å²) in [6.07, 6.45) is 0. The zero-order valence-electron chi connectivity index (χ0n) is 12.1. The van der Waals surface area contributed by atoms with Gasteiger partial charge in [-0.15, -0.1) is 0 Å². The summed E-state index contributed by atoms with van der Waals surface area (Å²) in [4.78, 5) is 12.0. The van der Waals surface area contributed by atoms with E-state index in [1.54, 1.807) is 25.1 Å². The lowest BCUT2D eigenvalue weighted by Crippen LogP contribution is -2.13. The van der Waals surface area contributed by atoms with E-state index in [0.29, 0.717) is 22.5 Å². The molecule has 2 rings (SSSR count). The van der Waals surface area contributed by atoms with Crippen molar-refractivity contribution in [3.05, 3.63) is 53.1 Å². The van der Waals surface area contributed by atoms with Crippen LogP contribution < -0.4 is 11.1 Å². The first-order valence-electron chi connectivity index (χ1n) is 6.44. The van der Waals surface area contributed by atoms with Crippen LogP contribution in [0.15, 0.2) is 41.3 Å². The summed E-state index contributed by atoms with van der Waals surface area (Å²) in [5, 5.41) is 2.68. The molecular weight excluding hydrogens is 304 g/mol. The number of rotatable bonds is 3. The molecule has 0 fully saturated rings. The summed E-state index contributed by atoms with van der Waals surface area (Å²) in [5.74, 6) is -0.352. The number of carbonyl (C=O) groups excluding carboxylic acids is 1. The molecule has 7 heteroatoms. The van der Waals surface area contributed by atoms with Crippen molar-refractivity contribution in [3.63, 3.8) is 0 Å². The van der Waals surface area contributed by atoms with Crippen LogP contribution in [0, 0.1) is 13.8 Å². The molecule has 0 bridgehead atoms. The average Bonchev–Trinajstić information content (AvgIpc) is 2.42. The monoisotopic (exact) mass is 320 g/mol. The minimum absolute atomic E-state index is 0.220. The summed E-state index contributed by atoms with van der Waals surface area (Å²) in [6.45, 7) is 3.48. The maximum atomic E-state index is 12.2. The molecule has 0 aliphatic heterocycles. The maximum Gasteiger partial charge on any atom is 0.294 e. The second-order valence-electron chi connectivity index (χ2n) is 4.98. The molecule has 0 saturated heterocycles. The van der Waals surface area contributed by atoms with Gasteiger partial charge in [0.25, 0.3) is 16.0 Å². The molecule has 6 nitrogen and oxygen atoms in total. The highest BCUT2D eigenvalue weighted by molar-refractivity contribution is 7.85. The van der Waals surface area contributed by atoms with Crippen LogP contribution in [0.25, 0.3) is 0 Å². The van der Waals surface area contributed by atoms with E-state index in [9.17, 15) is 13.2 Å². The highest BCUT2D eigenvalue weighted by Gasteiger charge is 2.13. The van der Waals surface area contributed by atoms with Crippen LogP contribution in [0.2, 0.25) is 0 Å². The molecular formula is C15H16N2O4S. The number of nitrogens with one attached hydrogen (secondary N) is 1. The van der Waals surface area contributed by atoms with Gasteiger partial charge in [-0.2, -0.15) is 8.42 Å². The first kappa shape index (κ1) is 16.0. The number of aryl methyl sites for hydroxylation is 2. The molecule has 0 heterocycles.